The highest BCUT2D eigenvalue weighted by Gasteiger charge is 2.43. The number of oxazole rings is 1. The van der Waals surface area contributed by atoms with E-state index in [0.29, 0.717) is 17.9 Å². The molecule has 1 aromatic heterocycles. The molecular weight excluding hydrogens is 427 g/mol. The molecule has 2 aliphatic rings. The Bertz CT molecular complexity index is 724. The molecule has 1 aliphatic heterocycles. The number of guanidine groups is 1. The molecule has 1 aliphatic carbocycles. The van der Waals surface area contributed by atoms with Gasteiger partial charge in [-0.3, -0.25) is 4.99 Å². The Morgan fingerprint density at radius 2 is 2.08 bits per heavy atom. The minimum Gasteiger partial charge on any atom is -0.439 e. The van der Waals surface area contributed by atoms with Crippen molar-refractivity contribution in [2.75, 3.05) is 20.1 Å². The lowest BCUT2D eigenvalue weighted by molar-refractivity contribution is 0.151. The van der Waals surface area contributed by atoms with Crippen LogP contribution in [0.15, 0.2) is 45.9 Å². The average molecular weight is 452 g/mol. The highest BCUT2D eigenvalue weighted by atomic mass is 127. The van der Waals surface area contributed by atoms with Crippen LogP contribution in [0, 0.1) is 5.41 Å². The van der Waals surface area contributed by atoms with Gasteiger partial charge in [-0.15, -0.1) is 24.0 Å². The van der Waals surface area contributed by atoms with Crippen molar-refractivity contribution in [3.63, 3.8) is 0 Å². The molecule has 1 saturated carbocycles. The van der Waals surface area contributed by atoms with Gasteiger partial charge in [0.2, 0.25) is 5.89 Å². The van der Waals surface area contributed by atoms with Gasteiger partial charge < -0.3 is 14.6 Å². The van der Waals surface area contributed by atoms with Crippen LogP contribution >= 0.6 is 24.0 Å². The first-order valence-corrected chi connectivity index (χ1v) is 8.74. The van der Waals surface area contributed by atoms with Gasteiger partial charge in [-0.1, -0.05) is 36.8 Å². The molecule has 0 radical (unpaired) electrons. The predicted octanol–water partition coefficient (Wildman–Crippen LogP) is 3.91. The maximum atomic E-state index is 5.85. The number of nitrogens with zero attached hydrogens (tertiary/aromatic N) is 3. The van der Waals surface area contributed by atoms with Gasteiger partial charge in [0.1, 0.15) is 0 Å². The lowest BCUT2D eigenvalue weighted by Crippen LogP contribution is -2.42. The minimum atomic E-state index is 0. The molecule has 0 amide bonds. The summed E-state index contributed by atoms with van der Waals surface area (Å²) in [5, 5.41) is 3.40. The van der Waals surface area contributed by atoms with Crippen molar-refractivity contribution in [2.45, 2.75) is 32.2 Å². The SMILES string of the molecule is CN=C(NCc1ncc(-c2ccccc2)o1)N1CCC2(CCC2)C1.I. The number of nitrogens with one attached hydrogen (secondary N) is 1. The molecule has 0 atom stereocenters. The monoisotopic (exact) mass is 452 g/mol. The van der Waals surface area contributed by atoms with Crippen molar-refractivity contribution in [2.24, 2.45) is 10.4 Å². The highest BCUT2D eigenvalue weighted by molar-refractivity contribution is 14.0. The van der Waals surface area contributed by atoms with E-state index in [9.17, 15) is 0 Å². The zero-order valence-electron chi connectivity index (χ0n) is 14.6. The van der Waals surface area contributed by atoms with Gasteiger partial charge in [0.05, 0.1) is 12.7 Å². The van der Waals surface area contributed by atoms with Crippen molar-refractivity contribution in [1.29, 1.82) is 0 Å². The van der Waals surface area contributed by atoms with Crippen LogP contribution in [0.2, 0.25) is 0 Å². The van der Waals surface area contributed by atoms with Gasteiger partial charge in [-0.2, -0.15) is 0 Å². The van der Waals surface area contributed by atoms with Gasteiger partial charge in [0.15, 0.2) is 11.7 Å². The maximum Gasteiger partial charge on any atom is 0.214 e. The minimum absolute atomic E-state index is 0. The standard InChI is InChI=1S/C19H24N4O.HI/c1-20-18(23-11-10-19(14-23)8-5-9-19)22-13-17-21-12-16(24-17)15-6-3-2-4-7-15;/h2-4,6-7,12H,5,8-11,13-14H2,1H3,(H,20,22);1H. The number of hydrogen-bond donors (Lipinski definition) is 1. The second-order valence-corrected chi connectivity index (χ2v) is 6.91. The lowest BCUT2D eigenvalue weighted by Gasteiger charge is -2.38. The van der Waals surface area contributed by atoms with Gasteiger partial charge in [-0.05, 0) is 24.7 Å². The molecule has 1 N–H and O–H groups in total. The van der Waals surface area contributed by atoms with E-state index in [1.165, 1.54) is 25.7 Å². The van der Waals surface area contributed by atoms with Crippen LogP contribution < -0.4 is 5.32 Å². The van der Waals surface area contributed by atoms with Gasteiger partial charge in [0, 0.05) is 25.7 Å². The van der Waals surface area contributed by atoms with Gasteiger partial charge in [0.25, 0.3) is 0 Å². The molecule has 1 aromatic carbocycles. The van der Waals surface area contributed by atoms with E-state index in [1.807, 2.05) is 37.4 Å². The number of hydrogen-bond acceptors (Lipinski definition) is 3. The first-order valence-electron chi connectivity index (χ1n) is 8.74. The van der Waals surface area contributed by atoms with E-state index in [2.05, 4.69) is 20.2 Å². The molecule has 5 nitrogen and oxygen atoms in total. The van der Waals surface area contributed by atoms with Crippen LogP contribution in [0.4, 0.5) is 0 Å². The smallest absolute Gasteiger partial charge is 0.214 e. The predicted molar refractivity (Wildman–Crippen MR) is 110 cm³/mol. The Morgan fingerprint density at radius 3 is 2.72 bits per heavy atom. The summed E-state index contributed by atoms with van der Waals surface area (Å²) in [7, 11) is 1.85. The number of halogens is 1. The number of benzene rings is 1. The zero-order valence-corrected chi connectivity index (χ0v) is 16.9. The first kappa shape index (κ1) is 18.2. The molecule has 25 heavy (non-hydrogen) atoms. The summed E-state index contributed by atoms with van der Waals surface area (Å²) >= 11 is 0. The molecule has 0 bridgehead atoms. The Labute approximate surface area is 165 Å². The fourth-order valence-corrected chi connectivity index (χ4v) is 3.82. The van der Waals surface area contributed by atoms with Crippen molar-refractivity contribution >= 4 is 29.9 Å². The normalized spacial score (nSPS) is 18.8. The summed E-state index contributed by atoms with van der Waals surface area (Å²) in [6.45, 7) is 2.79. The molecule has 1 saturated heterocycles. The summed E-state index contributed by atoms with van der Waals surface area (Å²) in [6.07, 6.45) is 7.22. The average Bonchev–Trinajstić information content (AvgIpc) is 3.23. The molecule has 0 unspecified atom stereocenters. The van der Waals surface area contributed by atoms with Crippen LogP contribution in [0.3, 0.4) is 0 Å². The second-order valence-electron chi connectivity index (χ2n) is 6.91. The fraction of sp³-hybridized carbons (Fsp3) is 0.474. The van der Waals surface area contributed by atoms with Crippen LogP contribution in [-0.4, -0.2) is 36.0 Å². The quantitative estimate of drug-likeness (QED) is 0.436. The molecule has 2 heterocycles. The third-order valence-electron chi connectivity index (χ3n) is 5.37. The largest absolute Gasteiger partial charge is 0.439 e. The van der Waals surface area contributed by atoms with Gasteiger partial charge in [-0.25, -0.2) is 4.98 Å². The van der Waals surface area contributed by atoms with Crippen molar-refractivity contribution in [3.8, 4) is 11.3 Å². The summed E-state index contributed by atoms with van der Waals surface area (Å²) in [5.41, 5.74) is 1.62. The highest BCUT2D eigenvalue weighted by Crippen LogP contribution is 2.47. The maximum absolute atomic E-state index is 5.85. The van der Waals surface area contributed by atoms with Crippen LogP contribution in [0.25, 0.3) is 11.3 Å². The number of aromatic nitrogens is 1. The summed E-state index contributed by atoms with van der Waals surface area (Å²) in [4.78, 5) is 11.2. The van der Waals surface area contributed by atoms with Crippen molar-refractivity contribution in [3.05, 3.63) is 42.4 Å². The van der Waals surface area contributed by atoms with Gasteiger partial charge >= 0.3 is 0 Å². The second kappa shape index (κ2) is 7.76. The first-order chi connectivity index (χ1) is 11.8. The van der Waals surface area contributed by atoms with E-state index in [0.717, 1.165) is 30.4 Å². The van der Waals surface area contributed by atoms with Crippen molar-refractivity contribution in [1.82, 2.24) is 15.2 Å². The number of likely N-dealkylation sites (tertiary alicyclic amines) is 1. The zero-order chi connectivity index (χ0) is 16.4. The molecule has 4 rings (SSSR count). The molecule has 6 heteroatoms. The Morgan fingerprint density at radius 1 is 1.28 bits per heavy atom. The third kappa shape index (κ3) is 3.83. The van der Waals surface area contributed by atoms with Crippen molar-refractivity contribution < 1.29 is 4.42 Å². The summed E-state index contributed by atoms with van der Waals surface area (Å²) < 4.78 is 5.85. The molecule has 2 fully saturated rings. The fourth-order valence-electron chi connectivity index (χ4n) is 3.82. The van der Waals surface area contributed by atoms with Crippen LogP contribution in [0.5, 0.6) is 0 Å². The number of aliphatic imine (C=N–C) groups is 1. The van der Waals surface area contributed by atoms with E-state index >= 15 is 0 Å². The third-order valence-corrected chi connectivity index (χ3v) is 5.37. The Kier molecular flexibility index (Phi) is 5.66. The molecule has 1 spiro atoms. The van der Waals surface area contributed by atoms with Crippen LogP contribution in [0.1, 0.15) is 31.6 Å². The summed E-state index contributed by atoms with van der Waals surface area (Å²) in [6, 6.07) is 10.1. The topological polar surface area (TPSA) is 53.7 Å². The molecule has 134 valence electrons. The molecule has 2 aromatic rings. The van der Waals surface area contributed by atoms with E-state index in [4.69, 9.17) is 4.42 Å². The van der Waals surface area contributed by atoms with E-state index in [-0.39, 0.29) is 24.0 Å². The summed E-state index contributed by atoms with van der Waals surface area (Å²) in [5.74, 6) is 2.45. The van der Waals surface area contributed by atoms with Crippen LogP contribution in [-0.2, 0) is 6.54 Å². The van der Waals surface area contributed by atoms with E-state index < -0.39 is 0 Å². The number of rotatable bonds is 3. The molecular formula is C19H25IN4O. The lowest BCUT2D eigenvalue weighted by atomic mass is 9.68. The Balaban J connectivity index is 0.00000182. The Hall–Kier alpha value is -1.57. The van der Waals surface area contributed by atoms with E-state index in [1.54, 1.807) is 6.20 Å².